The molecule has 0 aromatic heterocycles. The zero-order chi connectivity index (χ0) is 12.1. The van der Waals surface area contributed by atoms with E-state index in [4.69, 9.17) is 4.74 Å². The standard InChI is InChI=1S/C14H20BrNO/c1-2-16-13-4-3-5-14(13)17-10-11-6-8-12(15)9-7-11/h6-9,13-14,16H,2-5,10H2,1H3. The topological polar surface area (TPSA) is 21.3 Å². The maximum atomic E-state index is 6.02. The number of rotatable bonds is 5. The minimum Gasteiger partial charge on any atom is -0.372 e. The van der Waals surface area contributed by atoms with Crippen molar-refractivity contribution in [3.05, 3.63) is 34.3 Å². The summed E-state index contributed by atoms with van der Waals surface area (Å²) in [5.74, 6) is 0. The van der Waals surface area contributed by atoms with Gasteiger partial charge in [0.1, 0.15) is 0 Å². The number of likely N-dealkylation sites (N-methyl/N-ethyl adjacent to an activating group) is 1. The molecule has 17 heavy (non-hydrogen) atoms. The van der Waals surface area contributed by atoms with E-state index < -0.39 is 0 Å². The first kappa shape index (κ1) is 13.1. The van der Waals surface area contributed by atoms with Gasteiger partial charge in [0.05, 0.1) is 12.7 Å². The molecule has 1 aromatic carbocycles. The van der Waals surface area contributed by atoms with Crippen molar-refractivity contribution in [2.75, 3.05) is 6.54 Å². The van der Waals surface area contributed by atoms with Crippen LogP contribution in [0.15, 0.2) is 28.7 Å². The van der Waals surface area contributed by atoms with E-state index in [1.807, 2.05) is 0 Å². The van der Waals surface area contributed by atoms with Crippen LogP contribution in [0, 0.1) is 0 Å². The van der Waals surface area contributed by atoms with Crippen LogP contribution in [0.1, 0.15) is 31.7 Å². The van der Waals surface area contributed by atoms with E-state index in [1.54, 1.807) is 0 Å². The predicted molar refractivity (Wildman–Crippen MR) is 74.0 cm³/mol. The van der Waals surface area contributed by atoms with Crippen LogP contribution in [0.4, 0.5) is 0 Å². The van der Waals surface area contributed by atoms with Crippen LogP contribution in [0.5, 0.6) is 0 Å². The third-order valence-electron chi connectivity index (χ3n) is 3.30. The molecule has 1 N–H and O–H groups in total. The van der Waals surface area contributed by atoms with E-state index >= 15 is 0 Å². The van der Waals surface area contributed by atoms with Crippen LogP contribution < -0.4 is 5.32 Å². The van der Waals surface area contributed by atoms with Gasteiger partial charge < -0.3 is 10.1 Å². The smallest absolute Gasteiger partial charge is 0.0732 e. The van der Waals surface area contributed by atoms with Crippen molar-refractivity contribution in [1.29, 1.82) is 0 Å². The molecule has 2 unspecified atom stereocenters. The molecule has 0 radical (unpaired) electrons. The van der Waals surface area contributed by atoms with Crippen molar-refractivity contribution < 1.29 is 4.74 Å². The molecule has 0 heterocycles. The lowest BCUT2D eigenvalue weighted by molar-refractivity contribution is 0.0283. The summed E-state index contributed by atoms with van der Waals surface area (Å²) < 4.78 is 7.13. The Labute approximate surface area is 112 Å². The first-order chi connectivity index (χ1) is 8.29. The van der Waals surface area contributed by atoms with E-state index in [0.717, 1.165) is 17.6 Å². The highest BCUT2D eigenvalue weighted by atomic mass is 79.9. The van der Waals surface area contributed by atoms with Gasteiger partial charge in [0, 0.05) is 10.5 Å². The van der Waals surface area contributed by atoms with Gasteiger partial charge in [-0.25, -0.2) is 0 Å². The fraction of sp³-hybridized carbons (Fsp3) is 0.571. The van der Waals surface area contributed by atoms with Crippen LogP contribution in [-0.2, 0) is 11.3 Å². The number of hydrogen-bond acceptors (Lipinski definition) is 2. The van der Waals surface area contributed by atoms with Gasteiger partial charge in [-0.05, 0) is 43.5 Å². The Kier molecular flexibility index (Phi) is 5.01. The maximum Gasteiger partial charge on any atom is 0.0732 e. The Morgan fingerprint density at radius 1 is 1.29 bits per heavy atom. The molecule has 0 bridgehead atoms. The average molecular weight is 298 g/mol. The van der Waals surface area contributed by atoms with Crippen molar-refractivity contribution in [1.82, 2.24) is 5.32 Å². The number of hydrogen-bond donors (Lipinski definition) is 1. The fourth-order valence-corrected chi connectivity index (χ4v) is 2.67. The molecule has 2 atom stereocenters. The highest BCUT2D eigenvalue weighted by molar-refractivity contribution is 9.10. The zero-order valence-corrected chi connectivity index (χ0v) is 11.9. The third-order valence-corrected chi connectivity index (χ3v) is 3.82. The first-order valence-corrected chi connectivity index (χ1v) is 7.18. The van der Waals surface area contributed by atoms with Crippen molar-refractivity contribution in [3.63, 3.8) is 0 Å². The molecule has 3 heteroatoms. The maximum absolute atomic E-state index is 6.02. The molecular weight excluding hydrogens is 278 g/mol. The number of benzene rings is 1. The van der Waals surface area contributed by atoms with Crippen LogP contribution in [0.25, 0.3) is 0 Å². The Morgan fingerprint density at radius 2 is 2.06 bits per heavy atom. The minimum atomic E-state index is 0.388. The fourth-order valence-electron chi connectivity index (χ4n) is 2.41. The second kappa shape index (κ2) is 6.53. The largest absolute Gasteiger partial charge is 0.372 e. The van der Waals surface area contributed by atoms with Gasteiger partial charge in [0.15, 0.2) is 0 Å². The molecule has 0 saturated heterocycles. The van der Waals surface area contributed by atoms with Crippen LogP contribution in [0.3, 0.4) is 0 Å². The molecular formula is C14H20BrNO. The summed E-state index contributed by atoms with van der Waals surface area (Å²) in [6.07, 6.45) is 4.11. The van der Waals surface area contributed by atoms with E-state index in [2.05, 4.69) is 52.4 Å². The molecule has 94 valence electrons. The molecule has 1 saturated carbocycles. The summed E-state index contributed by atoms with van der Waals surface area (Å²) in [5, 5.41) is 3.51. The Balaban J connectivity index is 1.83. The zero-order valence-electron chi connectivity index (χ0n) is 10.3. The highest BCUT2D eigenvalue weighted by Gasteiger charge is 2.26. The van der Waals surface area contributed by atoms with Gasteiger partial charge in [-0.2, -0.15) is 0 Å². The summed E-state index contributed by atoms with van der Waals surface area (Å²) in [5.41, 5.74) is 1.25. The lowest BCUT2D eigenvalue weighted by atomic mass is 10.2. The van der Waals surface area contributed by atoms with Gasteiger partial charge in [-0.15, -0.1) is 0 Å². The van der Waals surface area contributed by atoms with Crippen LogP contribution in [-0.4, -0.2) is 18.7 Å². The van der Waals surface area contributed by atoms with Gasteiger partial charge >= 0.3 is 0 Å². The molecule has 2 nitrogen and oxygen atoms in total. The number of nitrogens with one attached hydrogen (secondary N) is 1. The second-order valence-electron chi connectivity index (χ2n) is 4.57. The van der Waals surface area contributed by atoms with Gasteiger partial charge in [-0.1, -0.05) is 35.0 Å². The molecule has 1 fully saturated rings. The summed E-state index contributed by atoms with van der Waals surface area (Å²) >= 11 is 3.44. The Bertz CT molecular complexity index is 339. The highest BCUT2D eigenvalue weighted by Crippen LogP contribution is 2.23. The summed E-state index contributed by atoms with van der Waals surface area (Å²) in [6, 6.07) is 8.91. The van der Waals surface area contributed by atoms with Crippen molar-refractivity contribution in [2.45, 2.75) is 44.9 Å². The van der Waals surface area contributed by atoms with E-state index in [1.165, 1.54) is 24.8 Å². The first-order valence-electron chi connectivity index (χ1n) is 6.39. The van der Waals surface area contributed by atoms with Crippen LogP contribution >= 0.6 is 15.9 Å². The predicted octanol–water partition coefficient (Wildman–Crippen LogP) is 3.50. The molecule has 1 aromatic rings. The molecule has 0 spiro atoms. The normalized spacial score (nSPS) is 24.1. The van der Waals surface area contributed by atoms with Crippen LogP contribution in [0.2, 0.25) is 0 Å². The van der Waals surface area contributed by atoms with Gasteiger partial charge in [-0.3, -0.25) is 0 Å². The molecule has 1 aliphatic rings. The molecule has 2 rings (SSSR count). The summed E-state index contributed by atoms with van der Waals surface area (Å²) in [4.78, 5) is 0. The monoisotopic (exact) mass is 297 g/mol. The van der Waals surface area contributed by atoms with E-state index in [-0.39, 0.29) is 0 Å². The van der Waals surface area contributed by atoms with Crippen molar-refractivity contribution in [3.8, 4) is 0 Å². The third kappa shape index (κ3) is 3.80. The lowest BCUT2D eigenvalue weighted by Gasteiger charge is -2.20. The Hall–Kier alpha value is -0.380. The number of halogens is 1. The van der Waals surface area contributed by atoms with Crippen molar-refractivity contribution >= 4 is 15.9 Å². The molecule has 0 amide bonds. The van der Waals surface area contributed by atoms with E-state index in [9.17, 15) is 0 Å². The quantitative estimate of drug-likeness (QED) is 0.898. The Morgan fingerprint density at radius 3 is 2.76 bits per heavy atom. The van der Waals surface area contributed by atoms with Crippen molar-refractivity contribution in [2.24, 2.45) is 0 Å². The summed E-state index contributed by atoms with van der Waals surface area (Å²) in [6.45, 7) is 3.91. The molecule has 1 aliphatic carbocycles. The summed E-state index contributed by atoms with van der Waals surface area (Å²) in [7, 11) is 0. The SMILES string of the molecule is CCNC1CCCC1OCc1ccc(Br)cc1. The lowest BCUT2D eigenvalue weighted by Crippen LogP contribution is -2.36. The number of ether oxygens (including phenoxy) is 1. The minimum absolute atomic E-state index is 0.388. The van der Waals surface area contributed by atoms with Gasteiger partial charge in [0.2, 0.25) is 0 Å². The second-order valence-corrected chi connectivity index (χ2v) is 5.49. The van der Waals surface area contributed by atoms with Gasteiger partial charge in [0.25, 0.3) is 0 Å². The average Bonchev–Trinajstić information content (AvgIpc) is 2.77. The van der Waals surface area contributed by atoms with E-state index in [0.29, 0.717) is 12.1 Å². The molecule has 0 aliphatic heterocycles.